The molecule has 0 saturated carbocycles. The van der Waals surface area contributed by atoms with Crippen LogP contribution in [0.3, 0.4) is 0 Å². The van der Waals surface area contributed by atoms with E-state index < -0.39 is 43.2 Å². The van der Waals surface area contributed by atoms with E-state index in [9.17, 15) is 17.6 Å². The molecule has 0 spiro atoms. The molecule has 1 heterocycles. The van der Waals surface area contributed by atoms with Crippen molar-refractivity contribution >= 4 is 0 Å². The van der Waals surface area contributed by atoms with Gasteiger partial charge in [-0.05, 0) is 0 Å². The summed E-state index contributed by atoms with van der Waals surface area (Å²) in [5, 5.41) is 0. The van der Waals surface area contributed by atoms with E-state index in [1.807, 2.05) is 0 Å². The van der Waals surface area contributed by atoms with Gasteiger partial charge in [-0.1, -0.05) is 0 Å². The molecule has 1 aliphatic rings. The molecule has 5 heteroatoms. The molecule has 0 amide bonds. The first kappa shape index (κ1) is 9.50. The van der Waals surface area contributed by atoms with Crippen molar-refractivity contribution in [2.24, 2.45) is 0 Å². The molecule has 1 aliphatic heterocycles. The fourth-order valence-corrected chi connectivity index (χ4v) is 3.55. The molecular formula is C6H8F4Pt. The van der Waals surface area contributed by atoms with Crippen molar-refractivity contribution in [2.75, 3.05) is 0 Å². The van der Waals surface area contributed by atoms with E-state index in [2.05, 4.69) is 0 Å². The van der Waals surface area contributed by atoms with E-state index >= 15 is 0 Å². The van der Waals surface area contributed by atoms with Gasteiger partial charge in [0.1, 0.15) is 0 Å². The number of alkyl halides is 4. The third kappa shape index (κ3) is 1.95. The van der Waals surface area contributed by atoms with Gasteiger partial charge in [0.25, 0.3) is 0 Å². The Balaban J connectivity index is 2.72. The molecule has 0 unspecified atom stereocenters. The van der Waals surface area contributed by atoms with Crippen molar-refractivity contribution in [1.29, 1.82) is 0 Å². The Morgan fingerprint density at radius 2 is 1.18 bits per heavy atom. The predicted molar refractivity (Wildman–Crippen MR) is 28.7 cm³/mol. The van der Waals surface area contributed by atoms with E-state index in [1.165, 1.54) is 0 Å². The second-order valence-electron chi connectivity index (χ2n) is 2.38. The van der Waals surface area contributed by atoms with E-state index in [0.717, 1.165) is 0 Å². The minimum absolute atomic E-state index is 0.322. The summed E-state index contributed by atoms with van der Waals surface area (Å²) in [5.41, 5.74) is 0. The summed E-state index contributed by atoms with van der Waals surface area (Å²) in [5.74, 6) is -7.49. The van der Waals surface area contributed by atoms with Gasteiger partial charge in [0, 0.05) is 0 Å². The molecule has 0 nitrogen and oxygen atoms in total. The normalized spacial score (nSPS) is 30.2. The second kappa shape index (κ2) is 3.04. The number of halogens is 4. The van der Waals surface area contributed by atoms with Crippen LogP contribution in [-0.2, 0) is 18.6 Å². The quantitative estimate of drug-likeness (QED) is 0.589. The van der Waals surface area contributed by atoms with Crippen LogP contribution in [-0.4, -0.2) is 11.8 Å². The van der Waals surface area contributed by atoms with Crippen LogP contribution in [0.25, 0.3) is 0 Å². The minimum atomic E-state index is -3.75. The van der Waals surface area contributed by atoms with Gasteiger partial charge in [-0.2, -0.15) is 0 Å². The summed E-state index contributed by atoms with van der Waals surface area (Å²) in [6, 6.07) is 0. The second-order valence-corrected chi connectivity index (χ2v) is 5.79. The van der Waals surface area contributed by atoms with Crippen molar-refractivity contribution in [3.05, 3.63) is 0 Å². The van der Waals surface area contributed by atoms with Crippen molar-refractivity contribution in [1.82, 2.24) is 0 Å². The number of hydrogen-bond donors (Lipinski definition) is 0. The van der Waals surface area contributed by atoms with Gasteiger partial charge >= 0.3 is 70.4 Å². The zero-order valence-corrected chi connectivity index (χ0v) is 7.93. The van der Waals surface area contributed by atoms with E-state index in [4.69, 9.17) is 0 Å². The molecule has 0 aromatic rings. The molecule has 1 rings (SSSR count). The van der Waals surface area contributed by atoms with E-state index in [1.54, 1.807) is 0 Å². The van der Waals surface area contributed by atoms with E-state index in [-0.39, 0.29) is 0 Å². The third-order valence-electron chi connectivity index (χ3n) is 1.54. The van der Waals surface area contributed by atoms with Crippen molar-refractivity contribution in [3.63, 3.8) is 0 Å². The molecule has 1 saturated heterocycles. The van der Waals surface area contributed by atoms with Crippen LogP contribution < -0.4 is 0 Å². The molecule has 1 fully saturated rings. The Morgan fingerprint density at radius 3 is 1.55 bits per heavy atom. The van der Waals surface area contributed by atoms with Crippen LogP contribution in [0.2, 0.25) is 9.62 Å². The molecule has 0 aliphatic carbocycles. The Kier molecular flexibility index (Phi) is 2.62. The van der Waals surface area contributed by atoms with Gasteiger partial charge in [-0.15, -0.1) is 0 Å². The molecule has 0 bridgehead atoms. The van der Waals surface area contributed by atoms with Crippen LogP contribution >= 0.6 is 0 Å². The average molecular weight is 351 g/mol. The van der Waals surface area contributed by atoms with Crippen LogP contribution in [0, 0.1) is 0 Å². The summed E-state index contributed by atoms with van der Waals surface area (Å²) in [6.07, 6.45) is -1.23. The van der Waals surface area contributed by atoms with Crippen LogP contribution in [0.15, 0.2) is 0 Å². The SMILES string of the molecule is FC1(F)C[CH2][Pt][CH2]CC1(F)F. The Labute approximate surface area is 70.9 Å². The van der Waals surface area contributed by atoms with Gasteiger partial charge in [0.15, 0.2) is 0 Å². The van der Waals surface area contributed by atoms with Gasteiger partial charge < -0.3 is 0 Å². The first-order valence-corrected chi connectivity index (χ1v) is 6.37. The van der Waals surface area contributed by atoms with Crippen LogP contribution in [0.5, 0.6) is 0 Å². The van der Waals surface area contributed by atoms with E-state index in [0.29, 0.717) is 9.62 Å². The van der Waals surface area contributed by atoms with Gasteiger partial charge in [0.05, 0.1) is 0 Å². The summed E-state index contributed by atoms with van der Waals surface area (Å²) in [4.78, 5) is 0.644. The van der Waals surface area contributed by atoms with Crippen molar-refractivity contribution < 1.29 is 36.1 Å². The zero-order chi connectivity index (χ0) is 8.54. The Bertz CT molecular complexity index is 130. The maximum atomic E-state index is 12.5. The summed E-state index contributed by atoms with van der Waals surface area (Å²) in [6.45, 7) is 0. The van der Waals surface area contributed by atoms with Gasteiger partial charge in [-0.25, -0.2) is 0 Å². The number of hydrogen-bond acceptors (Lipinski definition) is 0. The van der Waals surface area contributed by atoms with Gasteiger partial charge in [0.2, 0.25) is 0 Å². The molecule has 0 aromatic heterocycles. The maximum absolute atomic E-state index is 12.5. The monoisotopic (exact) mass is 351 g/mol. The van der Waals surface area contributed by atoms with Gasteiger partial charge in [-0.3, -0.25) is 0 Å². The molecule has 0 radical (unpaired) electrons. The van der Waals surface area contributed by atoms with Crippen LogP contribution in [0.4, 0.5) is 17.6 Å². The van der Waals surface area contributed by atoms with Crippen molar-refractivity contribution in [2.45, 2.75) is 34.3 Å². The third-order valence-corrected chi connectivity index (χ3v) is 4.29. The van der Waals surface area contributed by atoms with Crippen molar-refractivity contribution in [3.8, 4) is 0 Å². The fraction of sp³-hybridized carbons (Fsp3) is 1.00. The molecule has 0 atom stereocenters. The number of rotatable bonds is 0. The topological polar surface area (TPSA) is 0 Å². The Morgan fingerprint density at radius 1 is 0.818 bits per heavy atom. The average Bonchev–Trinajstić information content (AvgIpc) is 1.94. The molecule has 11 heavy (non-hydrogen) atoms. The zero-order valence-electron chi connectivity index (χ0n) is 5.66. The standard InChI is InChI=1S/C6H8F4.Pt/c1-3-5(7,8)6(9,10)4-2;/h1-4H2;. The molecular weight excluding hydrogens is 343 g/mol. The fourth-order valence-electron chi connectivity index (χ4n) is 0.755. The predicted octanol–water partition coefficient (Wildman–Crippen LogP) is 2.97. The first-order valence-electron chi connectivity index (χ1n) is 3.16. The molecule has 70 valence electrons. The van der Waals surface area contributed by atoms with Crippen LogP contribution in [0.1, 0.15) is 12.8 Å². The first-order chi connectivity index (χ1) is 4.96. The summed E-state index contributed by atoms with van der Waals surface area (Å²) >= 11 is -0.401. The molecule has 0 aromatic carbocycles. The molecule has 0 N–H and O–H groups in total. The Hall–Kier alpha value is 0.408. The summed E-state index contributed by atoms with van der Waals surface area (Å²) in [7, 11) is 0. The summed E-state index contributed by atoms with van der Waals surface area (Å²) < 4.78 is 50.0.